The predicted molar refractivity (Wildman–Crippen MR) is 93.8 cm³/mol. The van der Waals surface area contributed by atoms with Crippen molar-refractivity contribution in [2.45, 2.75) is 19.8 Å². The lowest BCUT2D eigenvalue weighted by atomic mass is 9.93. The van der Waals surface area contributed by atoms with E-state index in [1.54, 1.807) is 31.2 Å². The Hall–Kier alpha value is -2.90. The van der Waals surface area contributed by atoms with Crippen LogP contribution in [0.1, 0.15) is 25.3 Å². The van der Waals surface area contributed by atoms with Crippen LogP contribution in [0.5, 0.6) is 5.75 Å². The van der Waals surface area contributed by atoms with Crippen LogP contribution in [-0.4, -0.2) is 60.9 Å². The number of carbonyl (C=O) groups excluding carboxylic acids is 4. The van der Waals surface area contributed by atoms with Crippen molar-refractivity contribution in [3.8, 4) is 5.75 Å². The summed E-state index contributed by atoms with van der Waals surface area (Å²) in [6.07, 6.45) is 0. The number of hydrogen-bond acceptors (Lipinski definition) is 6. The average molecular weight is 374 g/mol. The second-order valence-electron chi connectivity index (χ2n) is 6.59. The molecule has 8 nitrogen and oxygen atoms in total. The van der Waals surface area contributed by atoms with E-state index in [9.17, 15) is 19.2 Å². The van der Waals surface area contributed by atoms with Gasteiger partial charge in [-0.2, -0.15) is 0 Å². The summed E-state index contributed by atoms with van der Waals surface area (Å²) in [4.78, 5) is 52.4. The van der Waals surface area contributed by atoms with Crippen LogP contribution >= 0.6 is 0 Å². The minimum absolute atomic E-state index is 0.133. The van der Waals surface area contributed by atoms with Crippen LogP contribution in [0.3, 0.4) is 0 Å². The summed E-state index contributed by atoms with van der Waals surface area (Å²) >= 11 is 0. The van der Waals surface area contributed by atoms with Crippen molar-refractivity contribution in [1.82, 2.24) is 9.80 Å². The molecule has 1 aliphatic carbocycles. The van der Waals surface area contributed by atoms with Crippen molar-refractivity contribution in [2.24, 2.45) is 11.3 Å². The number of barbiturate groups is 1. The lowest BCUT2D eigenvalue weighted by molar-refractivity contribution is -0.156. The van der Waals surface area contributed by atoms with Gasteiger partial charge in [-0.05, 0) is 31.5 Å². The zero-order valence-electron chi connectivity index (χ0n) is 15.7. The van der Waals surface area contributed by atoms with Crippen molar-refractivity contribution < 1.29 is 28.7 Å². The minimum Gasteiger partial charge on any atom is -0.494 e. The molecule has 3 rings (SSSR count). The van der Waals surface area contributed by atoms with E-state index in [0.717, 1.165) is 9.80 Å². The second-order valence-corrected chi connectivity index (χ2v) is 6.59. The number of amides is 4. The summed E-state index contributed by atoms with van der Waals surface area (Å²) in [6.45, 7) is 4.16. The Balaban J connectivity index is 2.05. The van der Waals surface area contributed by atoms with Gasteiger partial charge in [0.15, 0.2) is 5.41 Å². The summed E-state index contributed by atoms with van der Waals surface area (Å²) in [7, 11) is 2.62. The van der Waals surface area contributed by atoms with Crippen LogP contribution in [0.4, 0.5) is 4.79 Å². The second kappa shape index (κ2) is 6.68. The van der Waals surface area contributed by atoms with E-state index in [4.69, 9.17) is 9.47 Å². The molecule has 2 aliphatic rings. The smallest absolute Gasteiger partial charge is 0.332 e. The van der Waals surface area contributed by atoms with Crippen LogP contribution in [0.25, 0.3) is 0 Å². The molecule has 8 heteroatoms. The van der Waals surface area contributed by atoms with Gasteiger partial charge in [0, 0.05) is 20.0 Å². The van der Waals surface area contributed by atoms with Crippen molar-refractivity contribution in [1.29, 1.82) is 0 Å². The summed E-state index contributed by atoms with van der Waals surface area (Å²) < 4.78 is 10.5. The molecule has 0 aromatic heterocycles. The maximum Gasteiger partial charge on any atom is 0.332 e. The quantitative estimate of drug-likeness (QED) is 0.571. The molecule has 1 aromatic carbocycles. The van der Waals surface area contributed by atoms with E-state index < -0.39 is 41.1 Å². The third-order valence-corrected chi connectivity index (χ3v) is 5.19. The molecule has 2 unspecified atom stereocenters. The van der Waals surface area contributed by atoms with E-state index in [0.29, 0.717) is 17.9 Å². The van der Waals surface area contributed by atoms with Crippen molar-refractivity contribution >= 4 is 23.8 Å². The number of imide groups is 2. The van der Waals surface area contributed by atoms with Crippen LogP contribution in [-0.2, 0) is 19.1 Å². The Labute approximate surface area is 157 Å². The van der Waals surface area contributed by atoms with Gasteiger partial charge in [0.1, 0.15) is 5.75 Å². The van der Waals surface area contributed by atoms with Gasteiger partial charge in [-0.3, -0.25) is 24.2 Å². The number of hydrogen-bond donors (Lipinski definition) is 0. The van der Waals surface area contributed by atoms with Crippen molar-refractivity contribution in [3.05, 3.63) is 29.8 Å². The number of ether oxygens (including phenoxy) is 2. The third-order valence-electron chi connectivity index (χ3n) is 5.19. The first kappa shape index (κ1) is 18.9. The zero-order valence-corrected chi connectivity index (χ0v) is 15.7. The van der Waals surface area contributed by atoms with Gasteiger partial charge in [0.05, 0.1) is 19.1 Å². The molecule has 0 bridgehead atoms. The van der Waals surface area contributed by atoms with Crippen LogP contribution in [0.15, 0.2) is 24.3 Å². The van der Waals surface area contributed by atoms with Gasteiger partial charge >= 0.3 is 12.0 Å². The first-order valence-electron chi connectivity index (χ1n) is 8.81. The van der Waals surface area contributed by atoms with E-state index in [1.807, 2.05) is 6.92 Å². The summed E-state index contributed by atoms with van der Waals surface area (Å²) in [6, 6.07) is 6.20. The highest BCUT2D eigenvalue weighted by molar-refractivity contribution is 6.24. The highest BCUT2D eigenvalue weighted by Gasteiger charge is 2.81. The number of benzene rings is 1. The predicted octanol–water partition coefficient (Wildman–Crippen LogP) is 1.40. The average Bonchev–Trinajstić information content (AvgIpc) is 3.36. The monoisotopic (exact) mass is 374 g/mol. The topological polar surface area (TPSA) is 93.2 Å². The fourth-order valence-electron chi connectivity index (χ4n) is 3.91. The summed E-state index contributed by atoms with van der Waals surface area (Å²) in [5.41, 5.74) is -0.995. The van der Waals surface area contributed by atoms with Crippen molar-refractivity contribution in [2.75, 3.05) is 27.3 Å². The normalized spacial score (nSPS) is 23.6. The van der Waals surface area contributed by atoms with Gasteiger partial charge < -0.3 is 9.47 Å². The Morgan fingerprint density at radius 3 is 2.04 bits per heavy atom. The van der Waals surface area contributed by atoms with Gasteiger partial charge in [0.2, 0.25) is 11.8 Å². The Morgan fingerprint density at radius 2 is 1.56 bits per heavy atom. The van der Waals surface area contributed by atoms with Gasteiger partial charge in [-0.1, -0.05) is 12.1 Å². The summed E-state index contributed by atoms with van der Waals surface area (Å²) in [5, 5.41) is 0. The molecule has 4 amide bonds. The molecule has 1 aromatic rings. The van der Waals surface area contributed by atoms with Gasteiger partial charge in [0.25, 0.3) is 0 Å². The van der Waals surface area contributed by atoms with Gasteiger partial charge in [-0.25, -0.2) is 4.79 Å². The molecule has 1 spiro atoms. The molecular weight excluding hydrogens is 352 g/mol. The first-order valence-corrected chi connectivity index (χ1v) is 8.81. The van der Waals surface area contributed by atoms with Crippen LogP contribution in [0.2, 0.25) is 0 Å². The molecular formula is C19H22N2O6. The largest absolute Gasteiger partial charge is 0.494 e. The molecule has 2 fully saturated rings. The highest BCUT2D eigenvalue weighted by Crippen LogP contribution is 2.68. The third kappa shape index (κ3) is 2.58. The fourth-order valence-corrected chi connectivity index (χ4v) is 3.91. The molecule has 2 atom stereocenters. The lowest BCUT2D eigenvalue weighted by Crippen LogP contribution is -2.59. The SMILES string of the molecule is CCOC(=O)C1C(c2ccc(OCC)cc2)C12C(=O)N(C)C(=O)N(C)C2=O. The van der Waals surface area contributed by atoms with Crippen LogP contribution in [0, 0.1) is 11.3 Å². The molecule has 27 heavy (non-hydrogen) atoms. The molecule has 144 valence electrons. The first-order chi connectivity index (χ1) is 12.8. The zero-order chi connectivity index (χ0) is 19.9. The van der Waals surface area contributed by atoms with Crippen LogP contribution < -0.4 is 4.74 Å². The molecule has 1 saturated carbocycles. The Morgan fingerprint density at radius 1 is 1.00 bits per heavy atom. The Bertz CT molecular complexity index is 779. The molecule has 1 aliphatic heterocycles. The van der Waals surface area contributed by atoms with E-state index >= 15 is 0 Å². The van der Waals surface area contributed by atoms with E-state index in [1.165, 1.54) is 14.1 Å². The molecule has 0 N–H and O–H groups in total. The summed E-state index contributed by atoms with van der Waals surface area (Å²) in [5.74, 6) is -2.97. The lowest BCUT2D eigenvalue weighted by Gasteiger charge is -2.34. The standard InChI is InChI=1S/C19H22N2O6/c1-5-26-12-9-7-11(8-10-12)13-14(15(22)27-6-2)19(13)16(23)20(3)18(25)21(4)17(19)24/h7-10,13-14H,5-6H2,1-4H3. The molecule has 0 radical (unpaired) electrons. The van der Waals surface area contributed by atoms with Gasteiger partial charge in [-0.15, -0.1) is 0 Å². The molecule has 1 saturated heterocycles. The fraction of sp³-hybridized carbons (Fsp3) is 0.474. The highest BCUT2D eigenvalue weighted by atomic mass is 16.5. The Kier molecular flexibility index (Phi) is 4.67. The number of nitrogens with zero attached hydrogens (tertiary/aromatic N) is 2. The molecule has 1 heterocycles. The van der Waals surface area contributed by atoms with E-state index in [-0.39, 0.29) is 6.61 Å². The minimum atomic E-state index is -1.64. The number of esters is 1. The number of urea groups is 1. The number of carbonyl (C=O) groups is 4. The number of rotatable bonds is 5. The van der Waals surface area contributed by atoms with Crippen molar-refractivity contribution in [3.63, 3.8) is 0 Å². The maximum atomic E-state index is 13.0. The maximum absolute atomic E-state index is 13.0. The van der Waals surface area contributed by atoms with E-state index in [2.05, 4.69) is 0 Å².